The van der Waals surface area contributed by atoms with Crippen molar-refractivity contribution in [1.82, 2.24) is 5.32 Å². The predicted molar refractivity (Wildman–Crippen MR) is 104 cm³/mol. The van der Waals surface area contributed by atoms with Crippen molar-refractivity contribution in [2.24, 2.45) is 0 Å². The van der Waals surface area contributed by atoms with Crippen LogP contribution in [0.2, 0.25) is 0 Å². The molecular weight excluding hydrogens is 346 g/mol. The predicted octanol–water partition coefficient (Wildman–Crippen LogP) is 4.92. The summed E-state index contributed by atoms with van der Waals surface area (Å²) in [4.78, 5) is 10.6. The van der Waals surface area contributed by atoms with Gasteiger partial charge in [0.15, 0.2) is 0 Å². The number of fused-ring (bicyclic) bond motifs is 1. The van der Waals surface area contributed by atoms with Gasteiger partial charge in [0.25, 0.3) is 0 Å². The fraction of sp³-hybridized carbons (Fsp3) is 0.286. The fourth-order valence-electron chi connectivity index (χ4n) is 2.65. The highest BCUT2D eigenvalue weighted by Gasteiger charge is 2.10. The quantitative estimate of drug-likeness (QED) is 0.589. The summed E-state index contributed by atoms with van der Waals surface area (Å²) < 4.78 is 17.2. The van der Waals surface area contributed by atoms with Gasteiger partial charge in [0.1, 0.15) is 29.4 Å². The van der Waals surface area contributed by atoms with E-state index in [1.807, 2.05) is 48.5 Å². The molecule has 0 bridgehead atoms. The SMILES string of the molecule is CCCOc1ccc(-c2cc3ccc(OC[C@H](C)NC(=O)O)cc3o2)cc1. The van der Waals surface area contributed by atoms with Crippen molar-refractivity contribution in [1.29, 1.82) is 0 Å². The Labute approximate surface area is 157 Å². The standard InChI is InChI=1S/C21H23NO5/c1-3-10-25-17-7-4-15(5-8-17)19-11-16-6-9-18(12-20(16)27-19)26-13-14(2)22-21(23)24/h4-9,11-12,14,22H,3,10,13H2,1-2H3,(H,23,24)/t14-/m0/s1. The molecule has 0 saturated heterocycles. The van der Waals surface area contributed by atoms with Crippen LogP contribution in [0.5, 0.6) is 11.5 Å². The van der Waals surface area contributed by atoms with Crippen molar-refractivity contribution < 1.29 is 23.8 Å². The maximum Gasteiger partial charge on any atom is 0.404 e. The van der Waals surface area contributed by atoms with Crippen LogP contribution >= 0.6 is 0 Å². The molecular formula is C21H23NO5. The number of nitrogens with one attached hydrogen (secondary N) is 1. The molecule has 0 fully saturated rings. The van der Waals surface area contributed by atoms with E-state index >= 15 is 0 Å². The minimum absolute atomic E-state index is 0.241. The third-order valence-corrected chi connectivity index (χ3v) is 3.97. The van der Waals surface area contributed by atoms with E-state index in [-0.39, 0.29) is 12.6 Å². The highest BCUT2D eigenvalue weighted by molar-refractivity contribution is 5.84. The summed E-state index contributed by atoms with van der Waals surface area (Å²) in [6.45, 7) is 4.76. The van der Waals surface area contributed by atoms with E-state index in [4.69, 9.17) is 19.0 Å². The number of carboxylic acid groups (broad SMARTS) is 1. The van der Waals surface area contributed by atoms with Crippen molar-refractivity contribution >= 4 is 17.1 Å². The van der Waals surface area contributed by atoms with Crippen LogP contribution < -0.4 is 14.8 Å². The fourth-order valence-corrected chi connectivity index (χ4v) is 2.65. The van der Waals surface area contributed by atoms with Gasteiger partial charge in [-0.05, 0) is 55.8 Å². The highest BCUT2D eigenvalue weighted by Crippen LogP contribution is 2.31. The van der Waals surface area contributed by atoms with Crippen molar-refractivity contribution in [3.05, 3.63) is 48.5 Å². The molecule has 1 aromatic heterocycles. The van der Waals surface area contributed by atoms with Gasteiger partial charge in [-0.25, -0.2) is 4.79 Å². The van der Waals surface area contributed by atoms with Gasteiger partial charge in [-0.2, -0.15) is 0 Å². The molecule has 27 heavy (non-hydrogen) atoms. The van der Waals surface area contributed by atoms with E-state index in [0.29, 0.717) is 17.9 Å². The van der Waals surface area contributed by atoms with Gasteiger partial charge in [0, 0.05) is 17.0 Å². The number of hydrogen-bond acceptors (Lipinski definition) is 4. The van der Waals surface area contributed by atoms with Crippen molar-refractivity contribution in [3.63, 3.8) is 0 Å². The first-order valence-electron chi connectivity index (χ1n) is 8.94. The summed E-state index contributed by atoms with van der Waals surface area (Å²) in [7, 11) is 0. The van der Waals surface area contributed by atoms with Crippen LogP contribution in [0.25, 0.3) is 22.3 Å². The summed E-state index contributed by atoms with van der Waals surface area (Å²) >= 11 is 0. The Bertz CT molecular complexity index is 901. The molecule has 3 rings (SSSR count). The molecule has 0 aliphatic heterocycles. The lowest BCUT2D eigenvalue weighted by Crippen LogP contribution is -2.35. The molecule has 0 aliphatic rings. The van der Waals surface area contributed by atoms with Crippen LogP contribution in [-0.4, -0.2) is 30.5 Å². The number of furan rings is 1. The summed E-state index contributed by atoms with van der Waals surface area (Å²) in [6.07, 6.45) is -0.0933. The van der Waals surface area contributed by atoms with Gasteiger partial charge in [0.05, 0.1) is 12.6 Å². The zero-order valence-corrected chi connectivity index (χ0v) is 15.4. The Morgan fingerprint density at radius 3 is 2.56 bits per heavy atom. The Balaban J connectivity index is 1.71. The summed E-state index contributed by atoms with van der Waals surface area (Å²) in [5.74, 6) is 2.24. The Hall–Kier alpha value is -3.15. The average molecular weight is 369 g/mol. The molecule has 2 N–H and O–H groups in total. The van der Waals surface area contributed by atoms with Crippen LogP contribution in [0.15, 0.2) is 52.9 Å². The lowest BCUT2D eigenvalue weighted by molar-refractivity contribution is 0.183. The van der Waals surface area contributed by atoms with Crippen LogP contribution in [-0.2, 0) is 0 Å². The Morgan fingerprint density at radius 1 is 1.11 bits per heavy atom. The number of hydrogen-bond donors (Lipinski definition) is 2. The molecule has 0 spiro atoms. The molecule has 142 valence electrons. The maximum absolute atomic E-state index is 10.6. The van der Waals surface area contributed by atoms with E-state index in [1.54, 1.807) is 6.92 Å². The maximum atomic E-state index is 10.6. The van der Waals surface area contributed by atoms with Crippen molar-refractivity contribution in [2.75, 3.05) is 13.2 Å². The average Bonchev–Trinajstić information content (AvgIpc) is 3.08. The van der Waals surface area contributed by atoms with Crippen LogP contribution in [0.1, 0.15) is 20.3 Å². The van der Waals surface area contributed by atoms with Gasteiger partial charge in [-0.3, -0.25) is 0 Å². The van der Waals surface area contributed by atoms with Crippen LogP contribution in [0.3, 0.4) is 0 Å². The monoisotopic (exact) mass is 369 g/mol. The molecule has 6 nitrogen and oxygen atoms in total. The van der Waals surface area contributed by atoms with Gasteiger partial charge >= 0.3 is 6.09 Å². The second-order valence-electron chi connectivity index (χ2n) is 6.34. The summed E-state index contributed by atoms with van der Waals surface area (Å²) in [6, 6.07) is 15.1. The summed E-state index contributed by atoms with van der Waals surface area (Å²) in [5.41, 5.74) is 1.68. The van der Waals surface area contributed by atoms with Gasteiger partial charge < -0.3 is 24.3 Å². The second-order valence-corrected chi connectivity index (χ2v) is 6.34. The van der Waals surface area contributed by atoms with Gasteiger partial charge in [-0.1, -0.05) is 6.92 Å². The minimum Gasteiger partial charge on any atom is -0.494 e. The molecule has 1 amide bonds. The number of benzene rings is 2. The third-order valence-electron chi connectivity index (χ3n) is 3.97. The third kappa shape index (κ3) is 4.94. The minimum atomic E-state index is -1.07. The van der Waals surface area contributed by atoms with E-state index in [1.165, 1.54) is 0 Å². The first-order valence-corrected chi connectivity index (χ1v) is 8.94. The lowest BCUT2D eigenvalue weighted by Gasteiger charge is -2.12. The molecule has 2 aromatic carbocycles. The molecule has 3 aromatic rings. The van der Waals surface area contributed by atoms with E-state index < -0.39 is 6.09 Å². The molecule has 0 radical (unpaired) electrons. The smallest absolute Gasteiger partial charge is 0.404 e. The topological polar surface area (TPSA) is 80.9 Å². The van der Waals surface area contributed by atoms with Crippen molar-refractivity contribution in [3.8, 4) is 22.8 Å². The Kier molecular flexibility index (Phi) is 5.86. The highest BCUT2D eigenvalue weighted by atomic mass is 16.5. The Morgan fingerprint density at radius 2 is 1.85 bits per heavy atom. The van der Waals surface area contributed by atoms with Crippen LogP contribution in [0.4, 0.5) is 4.79 Å². The zero-order valence-electron chi connectivity index (χ0n) is 15.4. The van der Waals surface area contributed by atoms with Crippen LogP contribution in [0, 0.1) is 0 Å². The van der Waals surface area contributed by atoms with Gasteiger partial charge in [-0.15, -0.1) is 0 Å². The number of carbonyl (C=O) groups is 1. The van der Waals surface area contributed by atoms with E-state index in [2.05, 4.69) is 12.2 Å². The second kappa shape index (κ2) is 8.49. The molecule has 1 heterocycles. The molecule has 0 saturated carbocycles. The first-order chi connectivity index (χ1) is 13.0. The van der Waals surface area contributed by atoms with Crippen molar-refractivity contribution in [2.45, 2.75) is 26.3 Å². The lowest BCUT2D eigenvalue weighted by atomic mass is 10.1. The number of amides is 1. The first kappa shape index (κ1) is 18.6. The molecule has 1 atom stereocenters. The number of ether oxygens (including phenoxy) is 2. The zero-order chi connectivity index (χ0) is 19.2. The molecule has 6 heteroatoms. The molecule has 0 aliphatic carbocycles. The summed E-state index contributed by atoms with van der Waals surface area (Å²) in [5, 5.41) is 12.0. The van der Waals surface area contributed by atoms with E-state index in [0.717, 1.165) is 28.9 Å². The largest absolute Gasteiger partial charge is 0.494 e. The van der Waals surface area contributed by atoms with E-state index in [9.17, 15) is 4.79 Å². The number of rotatable bonds is 8. The van der Waals surface area contributed by atoms with Gasteiger partial charge in [0.2, 0.25) is 0 Å². The molecule has 0 unspecified atom stereocenters. The normalized spacial score (nSPS) is 11.9.